The van der Waals surface area contributed by atoms with Crippen LogP contribution in [0.1, 0.15) is 10.5 Å². The number of fused-ring (bicyclic) bond motifs is 1. The van der Waals surface area contributed by atoms with Gasteiger partial charge < -0.3 is 11.1 Å². The number of carbonyl (C=O) groups is 1. The Balaban J connectivity index is 2.38. The first-order valence-electron chi connectivity index (χ1n) is 6.89. The van der Waals surface area contributed by atoms with Gasteiger partial charge in [0, 0.05) is 20.3 Å². The number of nitrogens with one attached hydrogen (secondary N) is 1. The van der Waals surface area contributed by atoms with E-state index in [-0.39, 0.29) is 22.6 Å². The molecule has 0 bridgehead atoms. The molecular weight excluding hydrogens is 320 g/mol. The van der Waals surface area contributed by atoms with Crippen LogP contribution in [0.3, 0.4) is 0 Å². The molecule has 7 nitrogen and oxygen atoms in total. The molecule has 0 aliphatic heterocycles. The summed E-state index contributed by atoms with van der Waals surface area (Å²) in [5.41, 5.74) is 3.99. The Bertz CT molecular complexity index is 1040. The van der Waals surface area contributed by atoms with Gasteiger partial charge in [0.15, 0.2) is 17.2 Å². The molecule has 0 radical (unpaired) electrons. The number of halogens is 2. The van der Waals surface area contributed by atoms with Crippen molar-refractivity contribution in [3.05, 3.63) is 52.3 Å². The van der Waals surface area contributed by atoms with E-state index in [1.807, 2.05) is 0 Å². The minimum Gasteiger partial charge on any atom is -0.396 e. The second-order valence-corrected chi connectivity index (χ2v) is 5.14. The summed E-state index contributed by atoms with van der Waals surface area (Å²) in [6.07, 6.45) is 2.50. The summed E-state index contributed by atoms with van der Waals surface area (Å²) in [6, 6.07) is 2.07. The lowest BCUT2D eigenvalue weighted by molar-refractivity contribution is 0.0960. The maximum Gasteiger partial charge on any atom is 0.273 e. The van der Waals surface area contributed by atoms with Crippen LogP contribution in [0.15, 0.2) is 29.5 Å². The fraction of sp³-hybridized carbons (Fsp3) is 0.133. The number of aromatic nitrogens is 3. The Morgan fingerprint density at radius 3 is 2.71 bits per heavy atom. The summed E-state index contributed by atoms with van der Waals surface area (Å²) in [6.45, 7) is 0. The van der Waals surface area contributed by atoms with Gasteiger partial charge in [0.05, 0.1) is 16.8 Å². The molecule has 3 N–H and O–H groups in total. The molecule has 1 aromatic carbocycles. The van der Waals surface area contributed by atoms with Crippen LogP contribution in [-0.2, 0) is 7.05 Å². The number of rotatable bonds is 2. The zero-order valence-corrected chi connectivity index (χ0v) is 12.8. The summed E-state index contributed by atoms with van der Waals surface area (Å²) < 4.78 is 30.8. The fourth-order valence-corrected chi connectivity index (χ4v) is 2.52. The minimum absolute atomic E-state index is 0.0252. The lowest BCUT2D eigenvalue weighted by atomic mass is 10.1. The van der Waals surface area contributed by atoms with Gasteiger partial charge in [-0.2, -0.15) is 0 Å². The lowest BCUT2D eigenvalue weighted by Crippen LogP contribution is -2.25. The number of nitrogens with zero attached hydrogens (tertiary/aromatic N) is 3. The maximum atomic E-state index is 14.2. The van der Waals surface area contributed by atoms with Crippen molar-refractivity contribution in [2.75, 3.05) is 12.8 Å². The lowest BCUT2D eigenvalue weighted by Gasteiger charge is -2.10. The predicted octanol–water partition coefficient (Wildman–Crippen LogP) is 0.920. The molecule has 0 saturated heterocycles. The fourth-order valence-electron chi connectivity index (χ4n) is 2.52. The van der Waals surface area contributed by atoms with Crippen molar-refractivity contribution < 1.29 is 13.6 Å². The number of hydrogen-bond donors (Lipinski definition) is 2. The highest BCUT2D eigenvalue weighted by Gasteiger charge is 2.22. The van der Waals surface area contributed by atoms with Crippen molar-refractivity contribution in [1.29, 1.82) is 0 Å². The van der Waals surface area contributed by atoms with Crippen LogP contribution >= 0.6 is 0 Å². The molecule has 124 valence electrons. The van der Waals surface area contributed by atoms with Gasteiger partial charge >= 0.3 is 0 Å². The standard InChI is InChI=1S/C15H13F2N5O2/c1-19-13(23)12-14-21(2)15(24)7(5-22(14)6-20-12)10-8(16)3-4-9(18)11(10)17/h3-6H,18H2,1-2H3,(H,19,23). The van der Waals surface area contributed by atoms with Crippen LogP contribution in [0, 0.1) is 11.6 Å². The van der Waals surface area contributed by atoms with Gasteiger partial charge in [-0.1, -0.05) is 0 Å². The topological polar surface area (TPSA) is 94.4 Å². The number of aryl methyl sites for hydroxylation is 1. The molecule has 0 spiro atoms. The van der Waals surface area contributed by atoms with Crippen LogP contribution in [-0.4, -0.2) is 26.9 Å². The average Bonchev–Trinajstić information content (AvgIpc) is 2.99. The van der Waals surface area contributed by atoms with Gasteiger partial charge in [0.1, 0.15) is 12.1 Å². The van der Waals surface area contributed by atoms with Crippen LogP contribution in [0.4, 0.5) is 14.5 Å². The van der Waals surface area contributed by atoms with Crippen LogP contribution in [0.5, 0.6) is 0 Å². The van der Waals surface area contributed by atoms with Crippen molar-refractivity contribution in [3.8, 4) is 11.1 Å². The van der Waals surface area contributed by atoms with Gasteiger partial charge in [0.2, 0.25) is 0 Å². The molecular formula is C15H13F2N5O2. The van der Waals surface area contributed by atoms with Gasteiger partial charge in [-0.15, -0.1) is 0 Å². The summed E-state index contributed by atoms with van der Waals surface area (Å²) in [5, 5.41) is 2.41. The van der Waals surface area contributed by atoms with Crippen molar-refractivity contribution in [2.45, 2.75) is 0 Å². The van der Waals surface area contributed by atoms with Crippen LogP contribution in [0.2, 0.25) is 0 Å². The molecule has 0 unspecified atom stereocenters. The molecule has 2 heterocycles. The normalized spacial score (nSPS) is 11.0. The molecule has 3 aromatic rings. The zero-order valence-electron chi connectivity index (χ0n) is 12.8. The minimum atomic E-state index is -1.02. The monoisotopic (exact) mass is 333 g/mol. The van der Waals surface area contributed by atoms with E-state index >= 15 is 0 Å². The first-order chi connectivity index (χ1) is 11.4. The van der Waals surface area contributed by atoms with E-state index in [1.54, 1.807) is 0 Å². The third kappa shape index (κ3) is 2.13. The molecule has 0 saturated carbocycles. The molecule has 1 amide bonds. The number of hydrogen-bond acceptors (Lipinski definition) is 4. The Kier molecular flexibility index (Phi) is 3.55. The van der Waals surface area contributed by atoms with E-state index < -0.39 is 28.7 Å². The molecule has 0 fully saturated rings. The van der Waals surface area contributed by atoms with Gasteiger partial charge in [-0.25, -0.2) is 13.8 Å². The van der Waals surface area contributed by atoms with E-state index in [4.69, 9.17) is 5.73 Å². The Labute approximate surface area is 134 Å². The Morgan fingerprint density at radius 1 is 1.33 bits per heavy atom. The number of imidazole rings is 1. The third-order valence-electron chi connectivity index (χ3n) is 3.72. The smallest absolute Gasteiger partial charge is 0.273 e. The molecule has 9 heteroatoms. The second kappa shape index (κ2) is 5.44. The summed E-state index contributed by atoms with van der Waals surface area (Å²) in [5.74, 6) is -2.41. The van der Waals surface area contributed by atoms with E-state index in [9.17, 15) is 18.4 Å². The Hall–Kier alpha value is -3.23. The number of benzene rings is 1. The van der Waals surface area contributed by atoms with Crippen LogP contribution < -0.4 is 16.6 Å². The first kappa shape index (κ1) is 15.7. The van der Waals surface area contributed by atoms with Crippen molar-refractivity contribution in [1.82, 2.24) is 19.3 Å². The average molecular weight is 333 g/mol. The summed E-state index contributed by atoms with van der Waals surface area (Å²) >= 11 is 0. The largest absolute Gasteiger partial charge is 0.396 e. The molecule has 0 atom stereocenters. The molecule has 24 heavy (non-hydrogen) atoms. The number of nitrogens with two attached hydrogens (primary N) is 1. The second-order valence-electron chi connectivity index (χ2n) is 5.14. The quantitative estimate of drug-likeness (QED) is 0.682. The first-order valence-corrected chi connectivity index (χ1v) is 6.89. The third-order valence-corrected chi connectivity index (χ3v) is 3.72. The highest BCUT2D eigenvalue weighted by Crippen LogP contribution is 2.27. The zero-order chi connectivity index (χ0) is 17.6. The molecule has 0 aliphatic rings. The van der Waals surface area contributed by atoms with Crippen molar-refractivity contribution >= 4 is 17.2 Å². The van der Waals surface area contributed by atoms with Gasteiger partial charge in [-0.05, 0) is 12.1 Å². The molecule has 2 aromatic heterocycles. The van der Waals surface area contributed by atoms with E-state index in [2.05, 4.69) is 10.3 Å². The predicted molar refractivity (Wildman–Crippen MR) is 83.6 cm³/mol. The Morgan fingerprint density at radius 2 is 2.04 bits per heavy atom. The maximum absolute atomic E-state index is 14.2. The molecule has 0 aliphatic carbocycles. The number of amides is 1. The van der Waals surface area contributed by atoms with E-state index in [0.29, 0.717) is 0 Å². The van der Waals surface area contributed by atoms with Crippen LogP contribution in [0.25, 0.3) is 16.8 Å². The summed E-state index contributed by atoms with van der Waals surface area (Å²) in [4.78, 5) is 28.3. The van der Waals surface area contributed by atoms with Crippen molar-refractivity contribution in [3.63, 3.8) is 0 Å². The highest BCUT2D eigenvalue weighted by atomic mass is 19.1. The summed E-state index contributed by atoms with van der Waals surface area (Å²) in [7, 11) is 2.81. The van der Waals surface area contributed by atoms with E-state index in [1.165, 1.54) is 31.0 Å². The number of nitrogen functional groups attached to an aromatic ring is 1. The highest BCUT2D eigenvalue weighted by molar-refractivity contribution is 5.98. The van der Waals surface area contributed by atoms with Gasteiger partial charge in [0.25, 0.3) is 11.5 Å². The number of carbonyl (C=O) groups excluding carboxylic acids is 1. The molecule has 3 rings (SSSR count). The van der Waals surface area contributed by atoms with E-state index in [0.717, 1.165) is 16.7 Å². The number of anilines is 1. The van der Waals surface area contributed by atoms with Crippen molar-refractivity contribution in [2.24, 2.45) is 7.05 Å². The SMILES string of the molecule is CNC(=O)c1ncn2cc(-c3c(F)ccc(N)c3F)c(=O)n(C)c12. The van der Waals surface area contributed by atoms with Gasteiger partial charge in [-0.3, -0.25) is 18.6 Å².